The smallest absolute Gasteiger partial charge is 0.262 e. The number of nitrogens with zero attached hydrogens (tertiary/aromatic N) is 2. The molecular weight excluding hydrogens is 400 g/mol. The molecule has 4 aromatic rings. The molecule has 1 aliphatic heterocycles. The number of amides is 1. The Hall–Kier alpha value is -3.41. The van der Waals surface area contributed by atoms with Crippen LogP contribution in [0.25, 0.3) is 21.8 Å². The molecule has 0 saturated heterocycles. The van der Waals surface area contributed by atoms with Crippen LogP contribution in [0, 0.1) is 19.8 Å². The fourth-order valence-corrected chi connectivity index (χ4v) is 5.00. The van der Waals surface area contributed by atoms with E-state index in [0.717, 1.165) is 39.5 Å². The van der Waals surface area contributed by atoms with E-state index in [1.54, 1.807) is 4.57 Å². The SMILES string of the molecule is Cc1cc(C)c2nc3n(c(=O)c2c1)[C@H](Cc1c[nH]c2ccccc12)C(=O)N[C@H]3CC(C)C. The van der Waals surface area contributed by atoms with E-state index in [0.29, 0.717) is 23.5 Å². The third-order valence-corrected chi connectivity index (χ3v) is 6.40. The molecule has 5 rings (SSSR count). The molecule has 2 N–H and O–H groups in total. The zero-order valence-corrected chi connectivity index (χ0v) is 18.9. The van der Waals surface area contributed by atoms with Gasteiger partial charge in [0.05, 0.1) is 16.9 Å². The number of carbonyl (C=O) groups is 1. The van der Waals surface area contributed by atoms with Gasteiger partial charge in [0, 0.05) is 23.5 Å². The van der Waals surface area contributed by atoms with Crippen molar-refractivity contribution in [2.24, 2.45) is 5.92 Å². The molecule has 32 heavy (non-hydrogen) atoms. The number of hydrogen-bond donors (Lipinski definition) is 2. The maximum Gasteiger partial charge on any atom is 0.262 e. The molecule has 0 spiro atoms. The third kappa shape index (κ3) is 3.30. The number of aromatic amines is 1. The molecule has 0 unspecified atom stereocenters. The van der Waals surface area contributed by atoms with Crippen LogP contribution in [0.4, 0.5) is 0 Å². The maximum atomic E-state index is 13.8. The van der Waals surface area contributed by atoms with Crippen LogP contribution in [0.15, 0.2) is 47.4 Å². The molecule has 6 nitrogen and oxygen atoms in total. The number of benzene rings is 2. The van der Waals surface area contributed by atoms with E-state index in [2.05, 4.69) is 24.1 Å². The summed E-state index contributed by atoms with van der Waals surface area (Å²) in [7, 11) is 0. The Bertz CT molecular complexity index is 1410. The fraction of sp³-hybridized carbons (Fsp3) is 0.346. The largest absolute Gasteiger partial charge is 0.361 e. The molecule has 0 radical (unpaired) electrons. The van der Waals surface area contributed by atoms with Gasteiger partial charge in [-0.05, 0) is 55.0 Å². The van der Waals surface area contributed by atoms with Crippen molar-refractivity contribution in [3.05, 3.63) is 75.5 Å². The summed E-state index contributed by atoms with van der Waals surface area (Å²) in [5.74, 6) is 0.888. The van der Waals surface area contributed by atoms with E-state index in [-0.39, 0.29) is 17.5 Å². The van der Waals surface area contributed by atoms with Gasteiger partial charge in [-0.1, -0.05) is 38.1 Å². The van der Waals surface area contributed by atoms with Crippen LogP contribution in [-0.2, 0) is 11.2 Å². The summed E-state index contributed by atoms with van der Waals surface area (Å²) in [6.07, 6.45) is 3.09. The van der Waals surface area contributed by atoms with Crippen LogP contribution in [0.3, 0.4) is 0 Å². The van der Waals surface area contributed by atoms with E-state index < -0.39 is 6.04 Å². The highest BCUT2D eigenvalue weighted by molar-refractivity contribution is 5.87. The maximum absolute atomic E-state index is 13.8. The molecule has 2 aromatic carbocycles. The molecule has 0 fully saturated rings. The first-order valence-corrected chi connectivity index (χ1v) is 11.2. The van der Waals surface area contributed by atoms with Gasteiger partial charge < -0.3 is 10.3 Å². The zero-order chi connectivity index (χ0) is 22.6. The lowest BCUT2D eigenvalue weighted by molar-refractivity contribution is -0.126. The summed E-state index contributed by atoms with van der Waals surface area (Å²) in [6.45, 7) is 8.19. The molecule has 0 aliphatic carbocycles. The van der Waals surface area contributed by atoms with Crippen molar-refractivity contribution in [1.82, 2.24) is 19.9 Å². The average molecular weight is 429 g/mol. The number of hydrogen-bond acceptors (Lipinski definition) is 3. The second-order valence-corrected chi connectivity index (χ2v) is 9.39. The molecule has 2 aromatic heterocycles. The van der Waals surface area contributed by atoms with E-state index in [1.807, 2.05) is 56.4 Å². The first-order chi connectivity index (χ1) is 15.3. The lowest BCUT2D eigenvalue weighted by atomic mass is 9.96. The molecule has 164 valence electrons. The van der Waals surface area contributed by atoms with Gasteiger partial charge in [-0.2, -0.15) is 0 Å². The number of aromatic nitrogens is 3. The van der Waals surface area contributed by atoms with Crippen LogP contribution in [0.2, 0.25) is 0 Å². The summed E-state index contributed by atoms with van der Waals surface area (Å²) in [6, 6.07) is 11.0. The number of rotatable bonds is 4. The fourth-order valence-electron chi connectivity index (χ4n) is 5.00. The van der Waals surface area contributed by atoms with Crippen molar-refractivity contribution in [2.75, 3.05) is 0 Å². The monoisotopic (exact) mass is 428 g/mol. The third-order valence-electron chi connectivity index (χ3n) is 6.40. The van der Waals surface area contributed by atoms with E-state index in [9.17, 15) is 9.59 Å². The number of carbonyl (C=O) groups excluding carboxylic acids is 1. The predicted octanol–water partition coefficient (Wildman–Crippen LogP) is 4.50. The van der Waals surface area contributed by atoms with Gasteiger partial charge in [-0.25, -0.2) is 4.98 Å². The van der Waals surface area contributed by atoms with Crippen LogP contribution < -0.4 is 10.9 Å². The summed E-state index contributed by atoms with van der Waals surface area (Å²) >= 11 is 0. The van der Waals surface area contributed by atoms with Gasteiger partial charge in [0.2, 0.25) is 5.91 Å². The summed E-state index contributed by atoms with van der Waals surface area (Å²) in [5, 5.41) is 4.81. The van der Waals surface area contributed by atoms with Crippen molar-refractivity contribution < 1.29 is 4.79 Å². The minimum absolute atomic E-state index is 0.124. The Kier molecular flexibility index (Phi) is 4.88. The number of para-hydroxylation sites is 1. The van der Waals surface area contributed by atoms with Crippen LogP contribution in [0.5, 0.6) is 0 Å². The Labute approximate surface area is 186 Å². The highest BCUT2D eigenvalue weighted by Crippen LogP contribution is 2.31. The Morgan fingerprint density at radius 1 is 1.09 bits per heavy atom. The van der Waals surface area contributed by atoms with Crippen LogP contribution in [-0.4, -0.2) is 20.4 Å². The minimum atomic E-state index is -0.641. The molecule has 2 atom stereocenters. The normalized spacial score (nSPS) is 18.3. The lowest BCUT2D eigenvalue weighted by Crippen LogP contribution is -2.48. The number of aryl methyl sites for hydroxylation is 2. The van der Waals surface area contributed by atoms with Gasteiger partial charge in [-0.15, -0.1) is 0 Å². The van der Waals surface area contributed by atoms with Gasteiger partial charge in [0.1, 0.15) is 11.9 Å². The van der Waals surface area contributed by atoms with Crippen LogP contribution in [0.1, 0.15) is 54.9 Å². The van der Waals surface area contributed by atoms with Gasteiger partial charge >= 0.3 is 0 Å². The number of H-pyrrole nitrogens is 1. The quantitative estimate of drug-likeness (QED) is 0.502. The predicted molar refractivity (Wildman–Crippen MR) is 127 cm³/mol. The zero-order valence-electron chi connectivity index (χ0n) is 18.9. The number of fused-ring (bicyclic) bond motifs is 3. The van der Waals surface area contributed by atoms with Gasteiger partial charge in [-0.3, -0.25) is 14.2 Å². The molecular formula is C26H28N4O2. The second-order valence-electron chi connectivity index (χ2n) is 9.39. The molecule has 6 heteroatoms. The highest BCUT2D eigenvalue weighted by atomic mass is 16.2. The van der Waals surface area contributed by atoms with Crippen molar-refractivity contribution >= 4 is 27.7 Å². The first kappa shape index (κ1) is 20.5. The van der Waals surface area contributed by atoms with E-state index in [1.165, 1.54) is 0 Å². The van der Waals surface area contributed by atoms with Crippen molar-refractivity contribution in [3.8, 4) is 0 Å². The topological polar surface area (TPSA) is 79.8 Å². The van der Waals surface area contributed by atoms with E-state index in [4.69, 9.17) is 4.98 Å². The molecule has 1 aliphatic rings. The van der Waals surface area contributed by atoms with Crippen molar-refractivity contribution in [2.45, 2.75) is 52.6 Å². The van der Waals surface area contributed by atoms with E-state index >= 15 is 0 Å². The Morgan fingerprint density at radius 3 is 2.66 bits per heavy atom. The Morgan fingerprint density at radius 2 is 1.88 bits per heavy atom. The van der Waals surface area contributed by atoms with Crippen LogP contribution >= 0.6 is 0 Å². The molecule has 0 bridgehead atoms. The molecule has 1 amide bonds. The standard InChI is InChI=1S/C26H28N4O2/c1-14(2)9-21-24-29-23-16(4)10-15(3)11-19(23)26(32)30(24)22(25(31)28-21)12-17-13-27-20-8-6-5-7-18(17)20/h5-8,10-11,13-14,21-22,27H,9,12H2,1-4H3,(H,28,31)/t21-,22+/m0/s1. The van der Waals surface area contributed by atoms with Gasteiger partial charge in [0.15, 0.2) is 0 Å². The Balaban J connectivity index is 1.72. The average Bonchev–Trinajstić information content (AvgIpc) is 3.14. The minimum Gasteiger partial charge on any atom is -0.361 e. The highest BCUT2D eigenvalue weighted by Gasteiger charge is 2.36. The summed E-state index contributed by atoms with van der Waals surface area (Å²) in [4.78, 5) is 35.4. The van der Waals surface area contributed by atoms with Crippen molar-refractivity contribution in [3.63, 3.8) is 0 Å². The summed E-state index contributed by atoms with van der Waals surface area (Å²) in [5.41, 5.74) is 4.62. The van der Waals surface area contributed by atoms with Crippen molar-refractivity contribution in [1.29, 1.82) is 0 Å². The van der Waals surface area contributed by atoms with Gasteiger partial charge in [0.25, 0.3) is 5.56 Å². The summed E-state index contributed by atoms with van der Waals surface area (Å²) < 4.78 is 1.66. The molecule has 0 saturated carbocycles. The molecule has 3 heterocycles. The number of nitrogens with one attached hydrogen (secondary N) is 2. The first-order valence-electron chi connectivity index (χ1n) is 11.2. The lowest BCUT2D eigenvalue weighted by Gasteiger charge is -2.33. The second kappa shape index (κ2) is 7.62.